The highest BCUT2D eigenvalue weighted by molar-refractivity contribution is 5.77. The fraction of sp³-hybridized carbons (Fsp3) is 0.235. The van der Waals surface area contributed by atoms with E-state index in [1.165, 1.54) is 24.3 Å². The number of halogens is 1. The fourth-order valence-corrected chi connectivity index (χ4v) is 1.89. The third-order valence-electron chi connectivity index (χ3n) is 3.12. The Morgan fingerprint density at radius 3 is 2.32 bits per heavy atom. The van der Waals surface area contributed by atoms with E-state index in [1.807, 2.05) is 24.3 Å². The van der Waals surface area contributed by atoms with E-state index in [2.05, 4.69) is 5.32 Å². The van der Waals surface area contributed by atoms with E-state index in [9.17, 15) is 9.18 Å². The van der Waals surface area contributed by atoms with Crippen molar-refractivity contribution in [3.63, 3.8) is 0 Å². The second kappa shape index (κ2) is 8.14. The van der Waals surface area contributed by atoms with Crippen molar-refractivity contribution >= 4 is 5.91 Å². The summed E-state index contributed by atoms with van der Waals surface area (Å²) in [5.74, 6) is -0.114. The molecule has 22 heavy (non-hydrogen) atoms. The van der Waals surface area contributed by atoms with Crippen LogP contribution in [0.3, 0.4) is 0 Å². The number of hydrogen-bond acceptors (Lipinski definition) is 3. The van der Waals surface area contributed by atoms with Crippen LogP contribution >= 0.6 is 0 Å². The van der Waals surface area contributed by atoms with Gasteiger partial charge in [0.2, 0.25) is 0 Å². The predicted molar refractivity (Wildman–Crippen MR) is 81.0 cm³/mol. The fourth-order valence-electron chi connectivity index (χ4n) is 1.89. The first-order chi connectivity index (χ1) is 10.7. The molecular weight excluding hydrogens is 285 g/mol. The van der Waals surface area contributed by atoms with Gasteiger partial charge in [0, 0.05) is 6.54 Å². The SMILES string of the molecule is O=C(COc1ccc(F)cc1)NCCc1ccc(CO)cc1. The molecule has 0 aliphatic carbocycles. The van der Waals surface area contributed by atoms with E-state index >= 15 is 0 Å². The van der Waals surface area contributed by atoms with Crippen molar-refractivity contribution < 1.29 is 19.0 Å². The van der Waals surface area contributed by atoms with E-state index in [0.29, 0.717) is 18.7 Å². The van der Waals surface area contributed by atoms with Gasteiger partial charge in [-0.15, -0.1) is 0 Å². The van der Waals surface area contributed by atoms with Crippen molar-refractivity contribution in [2.75, 3.05) is 13.2 Å². The van der Waals surface area contributed by atoms with Crippen molar-refractivity contribution in [3.05, 3.63) is 65.5 Å². The van der Waals surface area contributed by atoms with Crippen LogP contribution in [0.2, 0.25) is 0 Å². The molecule has 5 heteroatoms. The topological polar surface area (TPSA) is 58.6 Å². The van der Waals surface area contributed by atoms with Gasteiger partial charge in [-0.2, -0.15) is 0 Å². The Labute approximate surface area is 128 Å². The Bertz CT molecular complexity index is 596. The van der Waals surface area contributed by atoms with Gasteiger partial charge in [0.25, 0.3) is 5.91 Å². The molecule has 1 amide bonds. The van der Waals surface area contributed by atoms with E-state index < -0.39 is 0 Å². The van der Waals surface area contributed by atoms with Gasteiger partial charge in [-0.05, 0) is 41.8 Å². The Morgan fingerprint density at radius 1 is 1.05 bits per heavy atom. The molecule has 0 spiro atoms. The van der Waals surface area contributed by atoms with Crippen LogP contribution in [0, 0.1) is 5.82 Å². The molecule has 4 nitrogen and oxygen atoms in total. The number of carbonyl (C=O) groups is 1. The van der Waals surface area contributed by atoms with E-state index in [0.717, 1.165) is 11.1 Å². The molecular formula is C17H18FNO3. The molecule has 0 aliphatic heterocycles. The summed E-state index contributed by atoms with van der Waals surface area (Å²) in [4.78, 5) is 11.6. The standard InChI is InChI=1S/C17H18FNO3/c18-15-5-7-16(8-6-15)22-12-17(21)19-10-9-13-1-3-14(11-20)4-2-13/h1-8,20H,9-12H2,(H,19,21). The normalized spacial score (nSPS) is 10.3. The van der Waals surface area contributed by atoms with Crippen molar-refractivity contribution in [1.29, 1.82) is 0 Å². The summed E-state index contributed by atoms with van der Waals surface area (Å²) in [5, 5.41) is 11.7. The maximum absolute atomic E-state index is 12.7. The minimum Gasteiger partial charge on any atom is -0.484 e. The zero-order chi connectivity index (χ0) is 15.8. The first kappa shape index (κ1) is 16.0. The third kappa shape index (κ3) is 5.18. The molecule has 116 valence electrons. The third-order valence-corrected chi connectivity index (χ3v) is 3.12. The summed E-state index contributed by atoms with van der Waals surface area (Å²) in [6.07, 6.45) is 0.702. The zero-order valence-corrected chi connectivity index (χ0v) is 12.1. The zero-order valence-electron chi connectivity index (χ0n) is 12.1. The van der Waals surface area contributed by atoms with Gasteiger partial charge in [-0.25, -0.2) is 4.39 Å². The van der Waals surface area contributed by atoms with E-state index in [-0.39, 0.29) is 24.9 Å². The van der Waals surface area contributed by atoms with Gasteiger partial charge in [0.05, 0.1) is 6.61 Å². The number of aliphatic hydroxyl groups excluding tert-OH is 1. The predicted octanol–water partition coefficient (Wildman–Crippen LogP) is 2.06. The molecule has 2 aromatic rings. The molecule has 0 unspecified atom stereocenters. The maximum Gasteiger partial charge on any atom is 0.257 e. The number of amides is 1. The van der Waals surface area contributed by atoms with Crippen molar-refractivity contribution in [2.45, 2.75) is 13.0 Å². The number of nitrogens with one attached hydrogen (secondary N) is 1. The maximum atomic E-state index is 12.7. The van der Waals surface area contributed by atoms with Crippen LogP contribution in [-0.2, 0) is 17.8 Å². The van der Waals surface area contributed by atoms with Gasteiger partial charge in [-0.3, -0.25) is 4.79 Å². The lowest BCUT2D eigenvalue weighted by molar-refractivity contribution is -0.123. The molecule has 2 N–H and O–H groups in total. The summed E-state index contributed by atoms with van der Waals surface area (Å²) in [6, 6.07) is 13.1. The quantitative estimate of drug-likeness (QED) is 0.823. The average molecular weight is 303 g/mol. The van der Waals surface area contributed by atoms with Crippen LogP contribution in [0.25, 0.3) is 0 Å². The lowest BCUT2D eigenvalue weighted by atomic mass is 10.1. The van der Waals surface area contributed by atoms with Gasteiger partial charge in [0.1, 0.15) is 11.6 Å². The number of ether oxygens (including phenoxy) is 1. The van der Waals surface area contributed by atoms with Crippen LogP contribution in [0.5, 0.6) is 5.75 Å². The van der Waals surface area contributed by atoms with Gasteiger partial charge >= 0.3 is 0 Å². The lowest BCUT2D eigenvalue weighted by Crippen LogP contribution is -2.30. The minimum atomic E-state index is -0.344. The second-order valence-electron chi connectivity index (χ2n) is 4.82. The summed E-state index contributed by atoms with van der Waals surface area (Å²) in [5.41, 5.74) is 1.94. The molecule has 0 saturated carbocycles. The van der Waals surface area contributed by atoms with Gasteiger partial charge in [-0.1, -0.05) is 24.3 Å². The monoisotopic (exact) mass is 303 g/mol. The van der Waals surface area contributed by atoms with Crippen LogP contribution in [0.1, 0.15) is 11.1 Å². The first-order valence-corrected chi connectivity index (χ1v) is 7.01. The highest BCUT2D eigenvalue weighted by atomic mass is 19.1. The molecule has 0 bridgehead atoms. The molecule has 0 atom stereocenters. The number of rotatable bonds is 7. The van der Waals surface area contributed by atoms with Crippen LogP contribution in [0.4, 0.5) is 4.39 Å². The first-order valence-electron chi connectivity index (χ1n) is 7.01. The summed E-state index contributed by atoms with van der Waals surface area (Å²) >= 11 is 0. The largest absolute Gasteiger partial charge is 0.484 e. The van der Waals surface area contributed by atoms with E-state index in [4.69, 9.17) is 9.84 Å². The average Bonchev–Trinajstić information content (AvgIpc) is 2.55. The Kier molecular flexibility index (Phi) is 5.91. The molecule has 0 aliphatic rings. The molecule has 0 aromatic heterocycles. The van der Waals surface area contributed by atoms with Crippen LogP contribution in [-0.4, -0.2) is 24.2 Å². The smallest absolute Gasteiger partial charge is 0.257 e. The Morgan fingerprint density at radius 2 is 1.68 bits per heavy atom. The number of benzene rings is 2. The number of aliphatic hydroxyl groups is 1. The highest BCUT2D eigenvalue weighted by Gasteiger charge is 2.03. The summed E-state index contributed by atoms with van der Waals surface area (Å²) in [6.45, 7) is 0.427. The Hall–Kier alpha value is -2.40. The van der Waals surface area contributed by atoms with Crippen molar-refractivity contribution in [2.24, 2.45) is 0 Å². The van der Waals surface area contributed by atoms with Crippen molar-refractivity contribution in [3.8, 4) is 5.75 Å². The lowest BCUT2D eigenvalue weighted by Gasteiger charge is -2.08. The minimum absolute atomic E-state index is 0.0255. The Balaban J connectivity index is 1.67. The van der Waals surface area contributed by atoms with E-state index in [1.54, 1.807) is 0 Å². The van der Waals surface area contributed by atoms with Crippen LogP contribution < -0.4 is 10.1 Å². The van der Waals surface area contributed by atoms with Gasteiger partial charge in [0.15, 0.2) is 6.61 Å². The number of hydrogen-bond donors (Lipinski definition) is 2. The van der Waals surface area contributed by atoms with Crippen molar-refractivity contribution in [1.82, 2.24) is 5.32 Å². The summed E-state index contributed by atoms with van der Waals surface area (Å²) < 4.78 is 18.0. The second-order valence-corrected chi connectivity index (χ2v) is 4.82. The highest BCUT2D eigenvalue weighted by Crippen LogP contribution is 2.10. The van der Waals surface area contributed by atoms with Gasteiger partial charge < -0.3 is 15.2 Å². The molecule has 2 aromatic carbocycles. The molecule has 0 radical (unpaired) electrons. The number of carbonyl (C=O) groups excluding carboxylic acids is 1. The molecule has 0 heterocycles. The summed E-state index contributed by atoms with van der Waals surface area (Å²) in [7, 11) is 0. The molecule has 0 saturated heterocycles. The molecule has 0 fully saturated rings. The molecule has 2 rings (SSSR count). The van der Waals surface area contributed by atoms with Crippen LogP contribution in [0.15, 0.2) is 48.5 Å².